The second-order valence-electron chi connectivity index (χ2n) is 6.07. The summed E-state index contributed by atoms with van der Waals surface area (Å²) >= 11 is 0. The van der Waals surface area contributed by atoms with Crippen molar-refractivity contribution in [3.8, 4) is 5.69 Å². The first kappa shape index (κ1) is 17.4. The highest BCUT2D eigenvalue weighted by molar-refractivity contribution is 5.33. The van der Waals surface area contributed by atoms with Gasteiger partial charge in [-0.2, -0.15) is 5.10 Å². The van der Waals surface area contributed by atoms with Gasteiger partial charge in [0.05, 0.1) is 11.8 Å². The lowest BCUT2D eigenvalue weighted by Crippen LogP contribution is -2.16. The SMILES string of the molecule is CC(OCCCNCc1ccc(-n2cccn2)cc1)c1ccccc1. The van der Waals surface area contributed by atoms with Crippen molar-refractivity contribution < 1.29 is 4.74 Å². The van der Waals surface area contributed by atoms with Gasteiger partial charge in [-0.3, -0.25) is 0 Å². The predicted molar refractivity (Wildman–Crippen MR) is 101 cm³/mol. The van der Waals surface area contributed by atoms with Gasteiger partial charge in [-0.05, 0) is 49.2 Å². The van der Waals surface area contributed by atoms with E-state index in [1.807, 2.05) is 35.1 Å². The van der Waals surface area contributed by atoms with E-state index in [2.05, 4.69) is 53.7 Å². The number of ether oxygens (including phenoxy) is 1. The first-order chi connectivity index (χ1) is 12.3. The summed E-state index contributed by atoms with van der Waals surface area (Å²) in [5.74, 6) is 0. The number of rotatable bonds is 9. The summed E-state index contributed by atoms with van der Waals surface area (Å²) in [5.41, 5.74) is 3.58. The van der Waals surface area contributed by atoms with Crippen LogP contribution in [0.3, 0.4) is 0 Å². The van der Waals surface area contributed by atoms with E-state index in [9.17, 15) is 0 Å². The molecule has 0 amide bonds. The highest BCUT2D eigenvalue weighted by Gasteiger charge is 2.04. The van der Waals surface area contributed by atoms with Crippen LogP contribution >= 0.6 is 0 Å². The van der Waals surface area contributed by atoms with Crippen LogP contribution < -0.4 is 5.32 Å². The molecule has 1 aromatic heterocycles. The minimum Gasteiger partial charge on any atom is -0.374 e. The zero-order valence-electron chi connectivity index (χ0n) is 14.6. The summed E-state index contributed by atoms with van der Waals surface area (Å²) in [4.78, 5) is 0. The highest BCUT2D eigenvalue weighted by atomic mass is 16.5. The number of aromatic nitrogens is 2. The molecule has 0 saturated heterocycles. The van der Waals surface area contributed by atoms with Crippen molar-refractivity contribution >= 4 is 0 Å². The van der Waals surface area contributed by atoms with Crippen LogP contribution in [0.15, 0.2) is 73.1 Å². The van der Waals surface area contributed by atoms with E-state index >= 15 is 0 Å². The summed E-state index contributed by atoms with van der Waals surface area (Å²) in [6, 6.07) is 20.7. The second kappa shape index (κ2) is 9.16. The molecule has 1 heterocycles. The molecular formula is C21H25N3O. The molecule has 1 atom stereocenters. The fourth-order valence-corrected chi connectivity index (χ4v) is 2.70. The van der Waals surface area contributed by atoms with E-state index in [-0.39, 0.29) is 6.10 Å². The Morgan fingerprint density at radius 3 is 2.56 bits per heavy atom. The smallest absolute Gasteiger partial charge is 0.0796 e. The summed E-state index contributed by atoms with van der Waals surface area (Å²) in [7, 11) is 0. The Morgan fingerprint density at radius 2 is 1.84 bits per heavy atom. The van der Waals surface area contributed by atoms with Crippen molar-refractivity contribution in [2.45, 2.75) is 26.0 Å². The van der Waals surface area contributed by atoms with E-state index < -0.39 is 0 Å². The normalized spacial score (nSPS) is 12.2. The van der Waals surface area contributed by atoms with Crippen molar-refractivity contribution in [3.63, 3.8) is 0 Å². The van der Waals surface area contributed by atoms with Gasteiger partial charge < -0.3 is 10.1 Å². The molecule has 0 saturated carbocycles. The van der Waals surface area contributed by atoms with Crippen LogP contribution in [0.4, 0.5) is 0 Å². The molecule has 0 aliphatic heterocycles. The summed E-state index contributed by atoms with van der Waals surface area (Å²) in [6.45, 7) is 4.68. The molecule has 1 N–H and O–H groups in total. The lowest BCUT2D eigenvalue weighted by molar-refractivity contribution is 0.0640. The Kier molecular flexibility index (Phi) is 6.37. The van der Waals surface area contributed by atoms with Gasteiger partial charge in [-0.25, -0.2) is 4.68 Å². The minimum absolute atomic E-state index is 0.149. The van der Waals surface area contributed by atoms with Gasteiger partial charge in [0, 0.05) is 25.5 Å². The molecule has 3 aromatic rings. The van der Waals surface area contributed by atoms with Gasteiger partial charge in [-0.1, -0.05) is 42.5 Å². The maximum atomic E-state index is 5.89. The van der Waals surface area contributed by atoms with Crippen LogP contribution in [0, 0.1) is 0 Å². The van der Waals surface area contributed by atoms with Gasteiger partial charge in [0.25, 0.3) is 0 Å². The number of benzene rings is 2. The molecule has 130 valence electrons. The second-order valence-corrected chi connectivity index (χ2v) is 6.07. The van der Waals surface area contributed by atoms with E-state index in [1.54, 1.807) is 6.20 Å². The third kappa shape index (κ3) is 5.28. The summed E-state index contributed by atoms with van der Waals surface area (Å²) in [6.07, 6.45) is 4.89. The fourth-order valence-electron chi connectivity index (χ4n) is 2.70. The third-order valence-corrected chi connectivity index (χ3v) is 4.17. The molecule has 4 heteroatoms. The van der Waals surface area contributed by atoms with Crippen LogP contribution in [0.1, 0.15) is 30.6 Å². The molecule has 0 spiro atoms. The van der Waals surface area contributed by atoms with Crippen LogP contribution in [-0.2, 0) is 11.3 Å². The first-order valence-corrected chi connectivity index (χ1v) is 8.79. The van der Waals surface area contributed by atoms with Crippen molar-refractivity contribution in [3.05, 3.63) is 84.2 Å². The Bertz CT molecular complexity index is 724. The van der Waals surface area contributed by atoms with E-state index in [1.165, 1.54) is 11.1 Å². The van der Waals surface area contributed by atoms with Crippen LogP contribution in [-0.4, -0.2) is 22.9 Å². The van der Waals surface area contributed by atoms with E-state index in [0.717, 1.165) is 31.8 Å². The van der Waals surface area contributed by atoms with Crippen molar-refractivity contribution in [1.29, 1.82) is 0 Å². The van der Waals surface area contributed by atoms with Gasteiger partial charge >= 0.3 is 0 Å². The Morgan fingerprint density at radius 1 is 1.04 bits per heavy atom. The van der Waals surface area contributed by atoms with E-state index in [0.29, 0.717) is 0 Å². The van der Waals surface area contributed by atoms with E-state index in [4.69, 9.17) is 4.74 Å². The Labute approximate surface area is 149 Å². The number of hydrogen-bond donors (Lipinski definition) is 1. The molecule has 0 radical (unpaired) electrons. The van der Waals surface area contributed by atoms with Crippen molar-refractivity contribution in [2.24, 2.45) is 0 Å². The Balaban J connectivity index is 1.32. The number of nitrogens with one attached hydrogen (secondary N) is 1. The number of nitrogens with zero attached hydrogens (tertiary/aromatic N) is 2. The van der Waals surface area contributed by atoms with Crippen LogP contribution in [0.25, 0.3) is 5.69 Å². The Hall–Kier alpha value is -2.43. The van der Waals surface area contributed by atoms with Crippen molar-refractivity contribution in [2.75, 3.05) is 13.2 Å². The molecule has 1 unspecified atom stereocenters. The molecule has 0 aliphatic carbocycles. The molecule has 0 bridgehead atoms. The standard InChI is InChI=1S/C21H25N3O/c1-18(20-7-3-2-4-8-20)25-16-6-13-22-17-19-9-11-21(12-10-19)24-15-5-14-23-24/h2-5,7-12,14-15,18,22H,6,13,16-17H2,1H3. The van der Waals surface area contributed by atoms with Gasteiger partial charge in [0.15, 0.2) is 0 Å². The summed E-state index contributed by atoms with van der Waals surface area (Å²) < 4.78 is 7.75. The van der Waals surface area contributed by atoms with Crippen molar-refractivity contribution in [1.82, 2.24) is 15.1 Å². The molecule has 4 nitrogen and oxygen atoms in total. The molecule has 2 aromatic carbocycles. The fraction of sp³-hybridized carbons (Fsp3) is 0.286. The lowest BCUT2D eigenvalue weighted by atomic mass is 10.1. The zero-order chi connectivity index (χ0) is 17.3. The molecule has 0 aliphatic rings. The quantitative estimate of drug-likeness (QED) is 0.598. The maximum Gasteiger partial charge on any atom is 0.0796 e. The maximum absolute atomic E-state index is 5.89. The van der Waals surface area contributed by atoms with Gasteiger partial charge in [-0.15, -0.1) is 0 Å². The predicted octanol–water partition coefficient (Wildman–Crippen LogP) is 4.13. The highest BCUT2D eigenvalue weighted by Crippen LogP contribution is 2.15. The lowest BCUT2D eigenvalue weighted by Gasteiger charge is -2.13. The average molecular weight is 335 g/mol. The largest absolute Gasteiger partial charge is 0.374 e. The average Bonchev–Trinajstić information content (AvgIpc) is 3.20. The molecule has 0 fully saturated rings. The topological polar surface area (TPSA) is 39.1 Å². The molecule has 25 heavy (non-hydrogen) atoms. The van der Waals surface area contributed by atoms with Gasteiger partial charge in [0.2, 0.25) is 0 Å². The zero-order valence-corrected chi connectivity index (χ0v) is 14.6. The van der Waals surface area contributed by atoms with Crippen LogP contribution in [0.5, 0.6) is 0 Å². The summed E-state index contributed by atoms with van der Waals surface area (Å²) in [5, 5.41) is 7.70. The monoisotopic (exact) mass is 335 g/mol. The first-order valence-electron chi connectivity index (χ1n) is 8.79. The molecular weight excluding hydrogens is 310 g/mol. The minimum atomic E-state index is 0.149. The van der Waals surface area contributed by atoms with Gasteiger partial charge in [0.1, 0.15) is 0 Å². The molecule has 3 rings (SSSR count). The number of hydrogen-bond acceptors (Lipinski definition) is 3. The third-order valence-electron chi connectivity index (χ3n) is 4.17. The van der Waals surface area contributed by atoms with Crippen LogP contribution in [0.2, 0.25) is 0 Å².